The van der Waals surface area contributed by atoms with Gasteiger partial charge in [0.05, 0.1) is 6.04 Å². The number of nitrogens with one attached hydrogen (secondary N) is 1. The third-order valence-corrected chi connectivity index (χ3v) is 4.64. The van der Waals surface area contributed by atoms with Crippen LogP contribution in [-0.2, 0) is 7.05 Å². The second kappa shape index (κ2) is 7.01. The normalized spacial score (nSPS) is 16.4. The van der Waals surface area contributed by atoms with E-state index in [-0.39, 0.29) is 11.9 Å². The number of benzene rings is 1. The first-order valence-electron chi connectivity index (χ1n) is 8.35. The molecule has 1 atom stereocenters. The van der Waals surface area contributed by atoms with Crippen molar-refractivity contribution in [3.05, 3.63) is 59.4 Å². The number of amides is 1. The van der Waals surface area contributed by atoms with Gasteiger partial charge in [-0.3, -0.25) is 9.69 Å². The van der Waals surface area contributed by atoms with Crippen LogP contribution in [0.5, 0.6) is 0 Å². The van der Waals surface area contributed by atoms with Crippen molar-refractivity contribution in [3.8, 4) is 0 Å². The Morgan fingerprint density at radius 2 is 2.00 bits per heavy atom. The van der Waals surface area contributed by atoms with Crippen molar-refractivity contribution in [1.82, 2.24) is 14.8 Å². The maximum absolute atomic E-state index is 12.4. The monoisotopic (exact) mass is 311 g/mol. The van der Waals surface area contributed by atoms with Crippen LogP contribution in [0.1, 0.15) is 40.5 Å². The molecule has 23 heavy (non-hydrogen) atoms. The Balaban J connectivity index is 1.71. The molecule has 0 radical (unpaired) electrons. The Hall–Kier alpha value is -2.07. The van der Waals surface area contributed by atoms with Crippen molar-refractivity contribution in [2.24, 2.45) is 7.05 Å². The molecule has 1 aliphatic heterocycles. The summed E-state index contributed by atoms with van der Waals surface area (Å²) in [6.07, 6.45) is 4.56. The van der Waals surface area contributed by atoms with Crippen LogP contribution in [0.4, 0.5) is 0 Å². The molecule has 4 nitrogen and oxygen atoms in total. The molecule has 0 aliphatic carbocycles. The molecule has 2 heterocycles. The van der Waals surface area contributed by atoms with E-state index in [4.69, 9.17) is 0 Å². The molecule has 1 unspecified atom stereocenters. The van der Waals surface area contributed by atoms with Gasteiger partial charge in [-0.05, 0) is 57.1 Å². The zero-order valence-corrected chi connectivity index (χ0v) is 14.0. The van der Waals surface area contributed by atoms with Crippen LogP contribution in [0.3, 0.4) is 0 Å². The van der Waals surface area contributed by atoms with Crippen LogP contribution in [0.2, 0.25) is 0 Å². The smallest absolute Gasteiger partial charge is 0.251 e. The number of hydrogen-bond donors (Lipinski definition) is 1. The highest BCUT2D eigenvalue weighted by Gasteiger charge is 2.25. The molecule has 4 heteroatoms. The molecule has 1 fully saturated rings. The Morgan fingerprint density at radius 1 is 1.22 bits per heavy atom. The maximum atomic E-state index is 12.4. The van der Waals surface area contributed by atoms with Crippen LogP contribution in [0.25, 0.3) is 0 Å². The van der Waals surface area contributed by atoms with Crippen molar-refractivity contribution in [1.29, 1.82) is 0 Å². The first-order valence-corrected chi connectivity index (χ1v) is 8.35. The first kappa shape index (κ1) is 15.8. The average Bonchev–Trinajstić information content (AvgIpc) is 3.20. The molecular weight excluding hydrogens is 286 g/mol. The number of hydrogen-bond acceptors (Lipinski definition) is 2. The molecule has 2 aromatic rings. The van der Waals surface area contributed by atoms with Crippen molar-refractivity contribution >= 4 is 5.91 Å². The van der Waals surface area contributed by atoms with Crippen LogP contribution < -0.4 is 5.32 Å². The number of aromatic nitrogens is 1. The second-order valence-corrected chi connectivity index (χ2v) is 6.38. The van der Waals surface area contributed by atoms with Gasteiger partial charge in [0.25, 0.3) is 5.91 Å². The quantitative estimate of drug-likeness (QED) is 0.922. The van der Waals surface area contributed by atoms with Crippen LogP contribution >= 0.6 is 0 Å². The van der Waals surface area contributed by atoms with E-state index in [9.17, 15) is 4.79 Å². The van der Waals surface area contributed by atoms with Gasteiger partial charge in [-0.15, -0.1) is 0 Å². The minimum atomic E-state index is 0.00658. The Morgan fingerprint density at radius 3 is 2.65 bits per heavy atom. The van der Waals surface area contributed by atoms with Crippen molar-refractivity contribution in [3.63, 3.8) is 0 Å². The third kappa shape index (κ3) is 3.64. The number of rotatable bonds is 5. The van der Waals surface area contributed by atoms with Crippen LogP contribution in [0.15, 0.2) is 42.6 Å². The van der Waals surface area contributed by atoms with E-state index in [0.29, 0.717) is 6.54 Å². The fourth-order valence-electron chi connectivity index (χ4n) is 3.37. The Bertz CT molecular complexity index is 671. The number of carbonyl (C=O) groups excluding carboxylic acids is 1. The van der Waals surface area contributed by atoms with E-state index in [1.807, 2.05) is 31.2 Å². The second-order valence-electron chi connectivity index (χ2n) is 6.38. The number of carbonyl (C=O) groups is 1. The Kier molecular flexibility index (Phi) is 4.82. The standard InChI is InChI=1S/C19H25N3O/c1-15-7-5-8-16(13-15)19(23)20-14-18(22-11-3-4-12-22)17-9-6-10-21(17)2/h5-10,13,18H,3-4,11-12,14H2,1-2H3,(H,20,23). The topological polar surface area (TPSA) is 37.3 Å². The lowest BCUT2D eigenvalue weighted by molar-refractivity contribution is 0.0936. The summed E-state index contributed by atoms with van der Waals surface area (Å²) in [5.41, 5.74) is 3.10. The van der Waals surface area contributed by atoms with E-state index < -0.39 is 0 Å². The van der Waals surface area contributed by atoms with Crippen molar-refractivity contribution < 1.29 is 4.79 Å². The van der Waals surface area contributed by atoms with E-state index in [0.717, 1.165) is 24.2 Å². The fraction of sp³-hybridized carbons (Fsp3) is 0.421. The Labute approximate surface area is 138 Å². The average molecular weight is 311 g/mol. The predicted octanol–water partition coefficient (Wildman–Crippen LogP) is 2.90. The lowest BCUT2D eigenvalue weighted by Gasteiger charge is -2.28. The molecule has 1 N–H and O–H groups in total. The van der Waals surface area contributed by atoms with Gasteiger partial charge in [0.2, 0.25) is 0 Å². The molecule has 3 rings (SSSR count). The van der Waals surface area contributed by atoms with Gasteiger partial charge in [0.15, 0.2) is 0 Å². The van der Waals surface area contributed by atoms with E-state index in [1.54, 1.807) is 0 Å². The summed E-state index contributed by atoms with van der Waals surface area (Å²) in [4.78, 5) is 14.9. The van der Waals surface area contributed by atoms with Gasteiger partial charge < -0.3 is 9.88 Å². The van der Waals surface area contributed by atoms with Gasteiger partial charge in [0, 0.05) is 31.0 Å². The maximum Gasteiger partial charge on any atom is 0.251 e. The number of likely N-dealkylation sites (tertiary alicyclic amines) is 1. The van der Waals surface area contributed by atoms with Crippen LogP contribution in [0, 0.1) is 6.92 Å². The number of aryl methyl sites for hydroxylation is 2. The van der Waals surface area contributed by atoms with Crippen LogP contribution in [-0.4, -0.2) is 35.0 Å². The van der Waals surface area contributed by atoms with E-state index >= 15 is 0 Å². The molecule has 1 amide bonds. The van der Waals surface area contributed by atoms with Crippen molar-refractivity contribution in [2.45, 2.75) is 25.8 Å². The third-order valence-electron chi connectivity index (χ3n) is 4.64. The minimum Gasteiger partial charge on any atom is -0.353 e. The summed E-state index contributed by atoms with van der Waals surface area (Å²) in [6, 6.07) is 12.2. The zero-order chi connectivity index (χ0) is 16.2. The van der Waals surface area contributed by atoms with Crippen molar-refractivity contribution in [2.75, 3.05) is 19.6 Å². The summed E-state index contributed by atoms with van der Waals surface area (Å²) in [7, 11) is 2.07. The largest absolute Gasteiger partial charge is 0.353 e. The summed E-state index contributed by atoms with van der Waals surface area (Å²) >= 11 is 0. The molecule has 0 spiro atoms. The highest BCUT2D eigenvalue weighted by molar-refractivity contribution is 5.94. The highest BCUT2D eigenvalue weighted by atomic mass is 16.1. The molecule has 122 valence electrons. The summed E-state index contributed by atoms with van der Waals surface area (Å²) in [5, 5.41) is 3.12. The molecule has 1 aromatic carbocycles. The predicted molar refractivity (Wildman–Crippen MR) is 92.5 cm³/mol. The van der Waals surface area contributed by atoms with Gasteiger partial charge >= 0.3 is 0 Å². The number of nitrogens with zero attached hydrogens (tertiary/aromatic N) is 2. The summed E-state index contributed by atoms with van der Waals surface area (Å²) in [5.74, 6) is 0.00658. The van der Waals surface area contributed by atoms with Gasteiger partial charge in [-0.25, -0.2) is 0 Å². The molecule has 0 bridgehead atoms. The van der Waals surface area contributed by atoms with Gasteiger partial charge in [0.1, 0.15) is 0 Å². The molecule has 0 saturated carbocycles. The highest BCUT2D eigenvalue weighted by Crippen LogP contribution is 2.24. The van der Waals surface area contributed by atoms with Gasteiger partial charge in [-0.1, -0.05) is 17.7 Å². The lowest BCUT2D eigenvalue weighted by Crippen LogP contribution is -2.37. The fourth-order valence-corrected chi connectivity index (χ4v) is 3.37. The summed E-state index contributed by atoms with van der Waals surface area (Å²) < 4.78 is 2.15. The van der Waals surface area contributed by atoms with E-state index in [2.05, 4.69) is 40.2 Å². The molecule has 1 aromatic heterocycles. The zero-order valence-electron chi connectivity index (χ0n) is 14.0. The molecule has 1 saturated heterocycles. The van der Waals surface area contributed by atoms with Gasteiger partial charge in [-0.2, -0.15) is 0 Å². The SMILES string of the molecule is Cc1cccc(C(=O)NCC(c2cccn2C)N2CCCC2)c1. The molecular formula is C19H25N3O. The minimum absolute atomic E-state index is 0.00658. The van der Waals surface area contributed by atoms with E-state index in [1.165, 1.54) is 18.5 Å². The summed E-state index contributed by atoms with van der Waals surface area (Å²) in [6.45, 7) is 4.87. The first-order chi connectivity index (χ1) is 11.1. The molecule has 1 aliphatic rings. The lowest BCUT2D eigenvalue weighted by atomic mass is 10.1.